The Labute approximate surface area is 163 Å². The summed E-state index contributed by atoms with van der Waals surface area (Å²) in [5, 5.41) is 2.87. The molecule has 2 atom stereocenters. The molecular weight excluding hydrogens is 358 g/mol. The van der Waals surface area contributed by atoms with Crippen molar-refractivity contribution in [2.45, 2.75) is 44.3 Å². The van der Waals surface area contributed by atoms with E-state index in [0.717, 1.165) is 18.4 Å². The highest BCUT2D eigenvalue weighted by Gasteiger charge is 2.26. The first-order valence-corrected chi connectivity index (χ1v) is 9.40. The highest BCUT2D eigenvalue weighted by Crippen LogP contribution is 2.17. The van der Waals surface area contributed by atoms with E-state index in [-0.39, 0.29) is 23.2 Å². The first kappa shape index (κ1) is 19.8. The number of carbonyl (C=O) groups is 2. The van der Waals surface area contributed by atoms with Crippen LogP contribution in [0.2, 0.25) is 0 Å². The normalized spacial score (nSPS) is 18.6. The van der Waals surface area contributed by atoms with Crippen molar-refractivity contribution in [1.29, 1.82) is 0 Å². The van der Waals surface area contributed by atoms with E-state index in [4.69, 9.17) is 10.5 Å². The third kappa shape index (κ3) is 4.67. The molecule has 0 saturated heterocycles. The molecule has 1 amide bonds. The Morgan fingerprint density at radius 1 is 1.18 bits per heavy atom. The average Bonchev–Trinajstić information content (AvgIpc) is 3.11. The number of carbonyl (C=O) groups excluding carboxylic acids is 2. The number of aromatic nitrogens is 1. The van der Waals surface area contributed by atoms with Gasteiger partial charge in [0.2, 0.25) is 5.43 Å². The van der Waals surface area contributed by atoms with Gasteiger partial charge in [-0.15, -0.1) is 0 Å². The molecule has 1 aromatic heterocycles. The molecular formula is C21H25N3O4. The van der Waals surface area contributed by atoms with E-state index in [1.54, 1.807) is 4.57 Å². The van der Waals surface area contributed by atoms with Crippen molar-refractivity contribution in [2.75, 3.05) is 7.11 Å². The molecule has 0 spiro atoms. The van der Waals surface area contributed by atoms with Crippen molar-refractivity contribution in [3.63, 3.8) is 0 Å². The van der Waals surface area contributed by atoms with Crippen LogP contribution < -0.4 is 16.5 Å². The summed E-state index contributed by atoms with van der Waals surface area (Å²) in [6.45, 7) is 0.517. The zero-order chi connectivity index (χ0) is 20.1. The quantitative estimate of drug-likeness (QED) is 0.736. The molecule has 3 rings (SSSR count). The van der Waals surface area contributed by atoms with Crippen LogP contribution in [0.5, 0.6) is 0 Å². The predicted octanol–water partition coefficient (Wildman–Crippen LogP) is 1.49. The molecule has 0 aliphatic heterocycles. The number of rotatable bonds is 6. The number of nitrogens with zero attached hydrogens (tertiary/aromatic N) is 1. The molecule has 1 saturated carbocycles. The number of hydrogen-bond acceptors (Lipinski definition) is 5. The van der Waals surface area contributed by atoms with E-state index >= 15 is 0 Å². The smallest absolute Gasteiger partial charge is 0.343 e. The lowest BCUT2D eigenvalue weighted by molar-refractivity contribution is 0.0598. The number of hydrogen-bond donors (Lipinski definition) is 2. The van der Waals surface area contributed by atoms with Gasteiger partial charge < -0.3 is 20.4 Å². The third-order valence-corrected chi connectivity index (χ3v) is 5.04. The van der Waals surface area contributed by atoms with Gasteiger partial charge in [0.15, 0.2) is 0 Å². The van der Waals surface area contributed by atoms with Crippen LogP contribution in [0.25, 0.3) is 0 Å². The summed E-state index contributed by atoms with van der Waals surface area (Å²) in [5.41, 5.74) is 6.18. The van der Waals surface area contributed by atoms with E-state index in [2.05, 4.69) is 5.32 Å². The van der Waals surface area contributed by atoms with Crippen molar-refractivity contribution in [3.8, 4) is 0 Å². The zero-order valence-corrected chi connectivity index (χ0v) is 15.9. The van der Waals surface area contributed by atoms with Crippen molar-refractivity contribution >= 4 is 11.9 Å². The van der Waals surface area contributed by atoms with Gasteiger partial charge in [0.05, 0.1) is 7.11 Å². The lowest BCUT2D eigenvalue weighted by Crippen LogP contribution is -2.38. The van der Waals surface area contributed by atoms with E-state index in [9.17, 15) is 14.4 Å². The number of nitrogens with one attached hydrogen (secondary N) is 1. The van der Waals surface area contributed by atoms with Crippen LogP contribution in [0.4, 0.5) is 0 Å². The number of benzene rings is 1. The highest BCUT2D eigenvalue weighted by atomic mass is 16.5. The molecule has 3 N–H and O–H groups in total. The van der Waals surface area contributed by atoms with Gasteiger partial charge in [0, 0.05) is 31.0 Å². The summed E-state index contributed by atoms with van der Waals surface area (Å²) in [7, 11) is 1.21. The van der Waals surface area contributed by atoms with E-state index < -0.39 is 17.3 Å². The number of esters is 1. The number of nitrogens with two attached hydrogens (primary N) is 1. The average molecular weight is 383 g/mol. The molecule has 0 radical (unpaired) electrons. The molecule has 1 heterocycles. The van der Waals surface area contributed by atoms with Crippen LogP contribution in [-0.2, 0) is 17.7 Å². The van der Waals surface area contributed by atoms with Crippen LogP contribution in [0.1, 0.15) is 45.5 Å². The lowest BCUT2D eigenvalue weighted by atomic mass is 10.1. The van der Waals surface area contributed by atoms with Gasteiger partial charge >= 0.3 is 5.97 Å². The van der Waals surface area contributed by atoms with Gasteiger partial charge in [-0.2, -0.15) is 0 Å². The Morgan fingerprint density at radius 2 is 1.89 bits per heavy atom. The fourth-order valence-electron chi connectivity index (χ4n) is 3.49. The Balaban J connectivity index is 1.85. The second-order valence-corrected chi connectivity index (χ2v) is 7.12. The monoisotopic (exact) mass is 383 g/mol. The molecule has 7 nitrogen and oxygen atoms in total. The summed E-state index contributed by atoms with van der Waals surface area (Å²) in [6, 6.07) is 9.85. The highest BCUT2D eigenvalue weighted by molar-refractivity contribution is 5.97. The van der Waals surface area contributed by atoms with Crippen molar-refractivity contribution in [2.24, 2.45) is 5.73 Å². The largest absolute Gasteiger partial charge is 0.465 e. The standard InChI is InChI=1S/C21H25N3O4/c1-28-21(27)18-13-24(10-9-14-5-3-2-4-6-14)12-17(19(18)25)20(26)23-16-8-7-15(22)11-16/h2-6,12-13,15-16H,7-11,22H2,1H3,(H,23,26)/t15-,16-/m1/s1. The van der Waals surface area contributed by atoms with E-state index in [1.165, 1.54) is 19.5 Å². The third-order valence-electron chi connectivity index (χ3n) is 5.04. The first-order valence-electron chi connectivity index (χ1n) is 9.40. The molecule has 1 fully saturated rings. The SMILES string of the molecule is COC(=O)c1cn(CCc2ccccc2)cc(C(=O)N[C@@H]2CC[C@@H](N)C2)c1=O. The van der Waals surface area contributed by atoms with E-state index in [1.807, 2.05) is 30.3 Å². The second-order valence-electron chi connectivity index (χ2n) is 7.12. The fourth-order valence-corrected chi connectivity index (χ4v) is 3.49. The Bertz CT molecular complexity index is 908. The minimum atomic E-state index is -0.754. The van der Waals surface area contributed by atoms with Crippen LogP contribution in [0.3, 0.4) is 0 Å². The number of methoxy groups -OCH3 is 1. The molecule has 0 unspecified atom stereocenters. The van der Waals surface area contributed by atoms with Gasteiger partial charge in [-0.3, -0.25) is 9.59 Å². The first-order chi connectivity index (χ1) is 13.5. The summed E-state index contributed by atoms with van der Waals surface area (Å²) < 4.78 is 6.41. The Morgan fingerprint density at radius 3 is 2.54 bits per heavy atom. The zero-order valence-electron chi connectivity index (χ0n) is 15.9. The van der Waals surface area contributed by atoms with Crippen LogP contribution in [-0.4, -0.2) is 35.6 Å². The molecule has 1 aromatic carbocycles. The molecule has 0 bridgehead atoms. The lowest BCUT2D eigenvalue weighted by Gasteiger charge is -2.15. The molecule has 7 heteroatoms. The minimum Gasteiger partial charge on any atom is -0.465 e. The maximum Gasteiger partial charge on any atom is 0.343 e. The predicted molar refractivity (Wildman–Crippen MR) is 105 cm³/mol. The molecule has 2 aromatic rings. The number of pyridine rings is 1. The van der Waals surface area contributed by atoms with Crippen LogP contribution in [0, 0.1) is 0 Å². The van der Waals surface area contributed by atoms with Crippen molar-refractivity contribution in [1.82, 2.24) is 9.88 Å². The van der Waals surface area contributed by atoms with Crippen molar-refractivity contribution in [3.05, 3.63) is 69.6 Å². The number of aryl methyl sites for hydroxylation is 2. The van der Waals surface area contributed by atoms with Gasteiger partial charge in [0.25, 0.3) is 5.91 Å². The number of amides is 1. The second kappa shape index (κ2) is 8.84. The summed E-state index contributed by atoms with van der Waals surface area (Å²) >= 11 is 0. The Hall–Kier alpha value is -2.93. The minimum absolute atomic E-state index is 0.0542. The van der Waals surface area contributed by atoms with Crippen LogP contribution >= 0.6 is 0 Å². The molecule has 1 aliphatic carbocycles. The van der Waals surface area contributed by atoms with Gasteiger partial charge in [-0.1, -0.05) is 30.3 Å². The molecule has 28 heavy (non-hydrogen) atoms. The summed E-state index contributed by atoms with van der Waals surface area (Å²) in [4.78, 5) is 37.4. The van der Waals surface area contributed by atoms with Gasteiger partial charge in [-0.05, 0) is 31.2 Å². The van der Waals surface area contributed by atoms with Crippen LogP contribution in [0.15, 0.2) is 47.5 Å². The fraction of sp³-hybridized carbons (Fsp3) is 0.381. The maximum absolute atomic E-state index is 12.7. The van der Waals surface area contributed by atoms with Gasteiger partial charge in [-0.25, -0.2) is 4.79 Å². The summed E-state index contributed by atoms with van der Waals surface area (Å²) in [6.07, 6.45) is 5.95. The van der Waals surface area contributed by atoms with E-state index in [0.29, 0.717) is 19.4 Å². The maximum atomic E-state index is 12.7. The topological polar surface area (TPSA) is 103 Å². The van der Waals surface area contributed by atoms with Crippen molar-refractivity contribution < 1.29 is 14.3 Å². The molecule has 1 aliphatic rings. The Kier molecular flexibility index (Phi) is 6.26. The number of ether oxygens (including phenoxy) is 1. The molecule has 148 valence electrons. The van der Waals surface area contributed by atoms with Gasteiger partial charge in [0.1, 0.15) is 11.1 Å². The summed E-state index contributed by atoms with van der Waals surface area (Å²) in [5.74, 6) is -1.24.